The van der Waals surface area contributed by atoms with Gasteiger partial charge in [0, 0.05) is 44.8 Å². The number of piperazine rings is 1. The molecule has 1 aromatic heterocycles. The lowest BCUT2D eigenvalue weighted by atomic mass is 9.80. The molecule has 0 spiro atoms. The van der Waals surface area contributed by atoms with Crippen molar-refractivity contribution in [1.82, 2.24) is 9.88 Å². The second-order valence-electron chi connectivity index (χ2n) is 6.47. The van der Waals surface area contributed by atoms with Crippen molar-refractivity contribution in [2.45, 2.75) is 26.4 Å². The first-order chi connectivity index (χ1) is 10.9. The van der Waals surface area contributed by atoms with Crippen LogP contribution in [0.4, 0.5) is 5.69 Å². The number of hydrogen-bond donors (Lipinski definition) is 0. The quantitative estimate of drug-likeness (QED) is 0.755. The molecule has 2 saturated heterocycles. The van der Waals surface area contributed by atoms with Crippen molar-refractivity contribution in [3.8, 4) is 0 Å². The number of nitrogens with zero attached hydrogens (tertiary/aromatic N) is 3. The zero-order valence-electron chi connectivity index (χ0n) is 13.9. The fraction of sp³-hybridized carbons (Fsp3) is 0.500. The summed E-state index contributed by atoms with van der Waals surface area (Å²) in [6.45, 7) is 12.5. The molecular formula is C16H22BN3O3. The fourth-order valence-electron chi connectivity index (χ4n) is 2.79. The molecular weight excluding hydrogens is 293 g/mol. The van der Waals surface area contributed by atoms with E-state index in [0.717, 1.165) is 37.3 Å². The summed E-state index contributed by atoms with van der Waals surface area (Å²) >= 11 is 0. The largest absolute Gasteiger partial charge is 0.565 e. The average molecular weight is 315 g/mol. The highest BCUT2D eigenvalue weighted by Crippen LogP contribution is 2.29. The Morgan fingerprint density at radius 3 is 2.57 bits per heavy atom. The molecule has 6 nitrogen and oxygen atoms in total. The van der Waals surface area contributed by atoms with E-state index < -0.39 is 12.7 Å². The second kappa shape index (κ2) is 5.89. The second-order valence-corrected chi connectivity index (χ2v) is 6.47. The minimum Gasteiger partial charge on any atom is -0.534 e. The number of carbonyl (C=O) groups excluding carboxylic acids is 1. The predicted molar refractivity (Wildman–Crippen MR) is 89.5 cm³/mol. The van der Waals surface area contributed by atoms with E-state index in [4.69, 9.17) is 9.31 Å². The molecule has 0 aliphatic carbocycles. The van der Waals surface area contributed by atoms with Gasteiger partial charge in [-0.1, -0.05) is 6.58 Å². The van der Waals surface area contributed by atoms with E-state index in [1.165, 1.54) is 0 Å². The number of pyridine rings is 1. The van der Waals surface area contributed by atoms with Gasteiger partial charge in [0.05, 0.1) is 17.6 Å². The molecule has 1 amide bonds. The van der Waals surface area contributed by atoms with Crippen molar-refractivity contribution in [3.05, 3.63) is 30.8 Å². The summed E-state index contributed by atoms with van der Waals surface area (Å²) in [7, 11) is -0.469. The van der Waals surface area contributed by atoms with E-state index in [9.17, 15) is 4.79 Å². The van der Waals surface area contributed by atoms with Crippen LogP contribution >= 0.6 is 0 Å². The summed E-state index contributed by atoms with van der Waals surface area (Å²) in [5, 5.41) is 0. The van der Waals surface area contributed by atoms with Crippen molar-refractivity contribution in [1.29, 1.82) is 0 Å². The molecule has 122 valence electrons. The van der Waals surface area contributed by atoms with Crippen LogP contribution in [-0.4, -0.2) is 54.7 Å². The summed E-state index contributed by atoms with van der Waals surface area (Å²) < 4.78 is 11.6. The number of anilines is 1. The first kappa shape index (κ1) is 15.9. The molecule has 3 heterocycles. The normalized spacial score (nSPS) is 20.7. The van der Waals surface area contributed by atoms with Crippen LogP contribution in [0, 0.1) is 0 Å². The van der Waals surface area contributed by atoms with Crippen molar-refractivity contribution >= 4 is 24.2 Å². The third-order valence-corrected chi connectivity index (χ3v) is 4.43. The summed E-state index contributed by atoms with van der Waals surface area (Å²) in [5.74, 6) is 0.757. The smallest absolute Gasteiger partial charge is 0.534 e. The summed E-state index contributed by atoms with van der Waals surface area (Å²) in [6.07, 6.45) is 3.59. The summed E-state index contributed by atoms with van der Waals surface area (Å²) in [4.78, 5) is 19.8. The van der Waals surface area contributed by atoms with Gasteiger partial charge in [-0.2, -0.15) is 0 Å². The molecule has 0 saturated carbocycles. The lowest BCUT2D eigenvalue weighted by Crippen LogP contribution is -2.48. The molecule has 2 aliphatic heterocycles. The standard InChI is InChI=1S/C16H22BN3O3/c1-12-16(3,4)23-17(22-12)14-9-15(11-18-10-14)20-7-5-19(6-8-20)13(2)21/h9-11H,1,5-8H2,2-4H3. The van der Waals surface area contributed by atoms with E-state index in [1.54, 1.807) is 13.1 Å². The van der Waals surface area contributed by atoms with Crippen molar-refractivity contribution in [2.75, 3.05) is 31.1 Å². The van der Waals surface area contributed by atoms with Gasteiger partial charge in [-0.05, 0) is 19.9 Å². The van der Waals surface area contributed by atoms with Crippen LogP contribution in [0.1, 0.15) is 20.8 Å². The third kappa shape index (κ3) is 3.19. The van der Waals surface area contributed by atoms with E-state index in [0.29, 0.717) is 5.76 Å². The first-order valence-corrected chi connectivity index (χ1v) is 7.86. The van der Waals surface area contributed by atoms with Crippen LogP contribution in [0.5, 0.6) is 0 Å². The molecule has 23 heavy (non-hydrogen) atoms. The maximum Gasteiger partial charge on any atom is 0.565 e. The molecule has 0 atom stereocenters. The van der Waals surface area contributed by atoms with Crippen LogP contribution in [0.15, 0.2) is 30.8 Å². The van der Waals surface area contributed by atoms with Gasteiger partial charge in [-0.25, -0.2) is 0 Å². The van der Waals surface area contributed by atoms with Crippen molar-refractivity contribution in [3.63, 3.8) is 0 Å². The molecule has 2 fully saturated rings. The number of carbonyl (C=O) groups is 1. The minimum absolute atomic E-state index is 0.130. The van der Waals surface area contributed by atoms with Gasteiger partial charge in [0.2, 0.25) is 5.91 Å². The van der Waals surface area contributed by atoms with Gasteiger partial charge < -0.3 is 19.1 Å². The Balaban J connectivity index is 1.72. The molecule has 0 radical (unpaired) electrons. The van der Waals surface area contributed by atoms with Crippen molar-refractivity contribution in [2.24, 2.45) is 0 Å². The van der Waals surface area contributed by atoms with Crippen LogP contribution in [0.3, 0.4) is 0 Å². The van der Waals surface area contributed by atoms with Crippen LogP contribution in [-0.2, 0) is 14.1 Å². The van der Waals surface area contributed by atoms with Gasteiger partial charge in [-0.3, -0.25) is 9.78 Å². The highest BCUT2D eigenvalue weighted by molar-refractivity contribution is 6.62. The van der Waals surface area contributed by atoms with Crippen LogP contribution < -0.4 is 10.4 Å². The molecule has 0 N–H and O–H groups in total. The topological polar surface area (TPSA) is 54.9 Å². The number of aromatic nitrogens is 1. The first-order valence-electron chi connectivity index (χ1n) is 7.86. The van der Waals surface area contributed by atoms with Gasteiger partial charge in [0.15, 0.2) is 0 Å². The van der Waals surface area contributed by atoms with E-state index >= 15 is 0 Å². The number of rotatable bonds is 2. The molecule has 0 bridgehead atoms. The van der Waals surface area contributed by atoms with E-state index in [-0.39, 0.29) is 5.91 Å². The van der Waals surface area contributed by atoms with Gasteiger partial charge in [0.1, 0.15) is 5.60 Å². The Morgan fingerprint density at radius 2 is 2.00 bits per heavy atom. The SMILES string of the molecule is C=C1OB(c2cncc(N3CCN(C(C)=O)CC3)c2)OC1(C)C. The summed E-state index contributed by atoms with van der Waals surface area (Å²) in [6, 6.07) is 2.04. The lowest BCUT2D eigenvalue weighted by Gasteiger charge is -2.35. The Hall–Kier alpha value is -2.02. The zero-order chi connectivity index (χ0) is 16.6. The summed E-state index contributed by atoms with van der Waals surface area (Å²) in [5.41, 5.74) is 1.41. The van der Waals surface area contributed by atoms with E-state index in [1.807, 2.05) is 31.0 Å². The van der Waals surface area contributed by atoms with Crippen LogP contribution in [0.25, 0.3) is 0 Å². The Labute approximate surface area is 137 Å². The maximum absolute atomic E-state index is 11.4. The van der Waals surface area contributed by atoms with Gasteiger partial charge in [0.25, 0.3) is 0 Å². The lowest BCUT2D eigenvalue weighted by molar-refractivity contribution is -0.129. The predicted octanol–water partition coefficient (Wildman–Crippen LogP) is 0.784. The highest BCUT2D eigenvalue weighted by Gasteiger charge is 2.43. The van der Waals surface area contributed by atoms with Crippen LogP contribution in [0.2, 0.25) is 0 Å². The van der Waals surface area contributed by atoms with Crippen molar-refractivity contribution < 1.29 is 14.1 Å². The molecule has 0 aromatic carbocycles. The van der Waals surface area contributed by atoms with Gasteiger partial charge in [-0.15, -0.1) is 0 Å². The number of hydrogen-bond acceptors (Lipinski definition) is 5. The van der Waals surface area contributed by atoms with Gasteiger partial charge >= 0.3 is 7.12 Å². The molecule has 2 aliphatic rings. The Morgan fingerprint density at radius 1 is 1.30 bits per heavy atom. The fourth-order valence-corrected chi connectivity index (χ4v) is 2.79. The molecule has 7 heteroatoms. The Kier molecular flexibility index (Phi) is 4.06. The third-order valence-electron chi connectivity index (χ3n) is 4.43. The maximum atomic E-state index is 11.4. The minimum atomic E-state index is -0.492. The highest BCUT2D eigenvalue weighted by atomic mass is 16.7. The number of amides is 1. The average Bonchev–Trinajstić information content (AvgIpc) is 2.81. The van der Waals surface area contributed by atoms with E-state index in [2.05, 4.69) is 16.5 Å². The molecule has 1 aromatic rings. The zero-order valence-corrected chi connectivity index (χ0v) is 13.9. The Bertz CT molecular complexity index is 627. The molecule has 0 unspecified atom stereocenters. The molecule has 3 rings (SSSR count). The monoisotopic (exact) mass is 315 g/mol.